The van der Waals surface area contributed by atoms with Crippen LogP contribution in [0.4, 0.5) is 0 Å². The van der Waals surface area contributed by atoms with Crippen molar-refractivity contribution in [2.24, 2.45) is 0 Å². The summed E-state index contributed by atoms with van der Waals surface area (Å²) in [6.45, 7) is 10.2. The number of rotatable bonds is 15. The van der Waals surface area contributed by atoms with E-state index in [4.69, 9.17) is 11.6 Å². The Balaban J connectivity index is 0.000000642. The lowest BCUT2D eigenvalue weighted by Gasteiger charge is -2.34. The Labute approximate surface area is 191 Å². The van der Waals surface area contributed by atoms with Crippen LogP contribution < -0.4 is 0 Å². The van der Waals surface area contributed by atoms with Gasteiger partial charge in [-0.3, -0.25) is 0 Å². The highest BCUT2D eigenvalue weighted by Gasteiger charge is 2.19. The molecular formula is C24H44ClNO3S. The SMILES string of the molecule is CCCCCCCC[N+](C)(CCCl)CCCCCC.Cc1ccc(S(=O)(=O)[O-])cc1. The fourth-order valence-corrected chi connectivity index (χ4v) is 4.32. The van der Waals surface area contributed by atoms with Crippen LogP contribution >= 0.6 is 11.6 Å². The summed E-state index contributed by atoms with van der Waals surface area (Å²) in [6.07, 6.45) is 13.9. The Morgan fingerprint density at radius 3 is 1.67 bits per heavy atom. The van der Waals surface area contributed by atoms with Crippen LogP contribution in [0.5, 0.6) is 0 Å². The second-order valence-corrected chi connectivity index (χ2v) is 10.3. The lowest BCUT2D eigenvalue weighted by Crippen LogP contribution is -2.47. The number of unbranched alkanes of at least 4 members (excludes halogenated alkanes) is 8. The zero-order valence-corrected chi connectivity index (χ0v) is 21.2. The van der Waals surface area contributed by atoms with Crippen LogP contribution in [0, 0.1) is 6.92 Å². The molecule has 1 rings (SSSR count). The number of hydrogen-bond acceptors (Lipinski definition) is 3. The predicted molar refractivity (Wildman–Crippen MR) is 128 cm³/mol. The van der Waals surface area contributed by atoms with Gasteiger partial charge < -0.3 is 9.04 Å². The van der Waals surface area contributed by atoms with Gasteiger partial charge in [0.2, 0.25) is 0 Å². The number of benzene rings is 1. The van der Waals surface area contributed by atoms with Gasteiger partial charge in [0.1, 0.15) is 10.1 Å². The third-order valence-corrected chi connectivity index (χ3v) is 6.56. The van der Waals surface area contributed by atoms with Crippen molar-refractivity contribution in [3.63, 3.8) is 0 Å². The summed E-state index contributed by atoms with van der Waals surface area (Å²) in [5, 5.41) is 0. The van der Waals surface area contributed by atoms with Crippen LogP contribution in [0.25, 0.3) is 0 Å². The molecule has 0 N–H and O–H groups in total. The molecule has 0 saturated heterocycles. The minimum atomic E-state index is -4.27. The first kappa shape index (κ1) is 29.4. The van der Waals surface area contributed by atoms with Gasteiger partial charge in [-0.25, -0.2) is 8.42 Å². The first-order valence-corrected chi connectivity index (χ1v) is 13.5. The minimum absolute atomic E-state index is 0.178. The summed E-state index contributed by atoms with van der Waals surface area (Å²) < 4.78 is 32.4. The third-order valence-electron chi connectivity index (χ3n) is 5.54. The molecule has 1 unspecified atom stereocenters. The van der Waals surface area contributed by atoms with E-state index in [1.165, 1.54) is 93.9 Å². The lowest BCUT2D eigenvalue weighted by atomic mass is 10.1. The fourth-order valence-electron chi connectivity index (χ4n) is 3.44. The second-order valence-electron chi connectivity index (χ2n) is 8.57. The van der Waals surface area contributed by atoms with Crippen LogP contribution in [0.1, 0.15) is 83.6 Å². The van der Waals surface area contributed by atoms with Crippen molar-refractivity contribution in [1.29, 1.82) is 0 Å². The second kappa shape index (κ2) is 17.0. The molecule has 0 fully saturated rings. The van der Waals surface area contributed by atoms with Gasteiger partial charge in [-0.15, -0.1) is 11.6 Å². The highest BCUT2D eigenvalue weighted by Crippen LogP contribution is 2.13. The number of aryl methyl sites for hydroxylation is 1. The van der Waals surface area contributed by atoms with E-state index in [2.05, 4.69) is 20.9 Å². The Kier molecular flexibility index (Phi) is 16.6. The molecule has 0 aliphatic carbocycles. The van der Waals surface area contributed by atoms with Crippen molar-refractivity contribution in [3.8, 4) is 0 Å². The van der Waals surface area contributed by atoms with Crippen LogP contribution in [0.2, 0.25) is 0 Å². The third kappa shape index (κ3) is 15.2. The highest BCUT2D eigenvalue weighted by atomic mass is 35.5. The number of hydrogen-bond donors (Lipinski definition) is 0. The molecule has 0 aliphatic heterocycles. The molecule has 1 aromatic rings. The van der Waals surface area contributed by atoms with Crippen LogP contribution in [0.3, 0.4) is 0 Å². The van der Waals surface area contributed by atoms with Crippen LogP contribution in [0.15, 0.2) is 29.2 Å². The summed E-state index contributed by atoms with van der Waals surface area (Å²) in [5.41, 5.74) is 0.928. The van der Waals surface area contributed by atoms with Crippen LogP contribution in [-0.2, 0) is 10.1 Å². The quantitative estimate of drug-likeness (QED) is 0.129. The lowest BCUT2D eigenvalue weighted by molar-refractivity contribution is -0.907. The number of nitrogens with zero attached hydrogens (tertiary/aromatic N) is 1. The van der Waals surface area contributed by atoms with E-state index in [0.29, 0.717) is 0 Å². The van der Waals surface area contributed by atoms with E-state index in [9.17, 15) is 13.0 Å². The normalized spacial score (nSPS) is 13.4. The van der Waals surface area contributed by atoms with Gasteiger partial charge in [-0.1, -0.05) is 70.1 Å². The maximum atomic E-state index is 10.4. The fraction of sp³-hybridized carbons (Fsp3) is 0.750. The monoisotopic (exact) mass is 461 g/mol. The number of quaternary nitrogens is 1. The van der Waals surface area contributed by atoms with E-state index in [1.807, 2.05) is 6.92 Å². The zero-order chi connectivity index (χ0) is 22.9. The van der Waals surface area contributed by atoms with Gasteiger partial charge in [0.25, 0.3) is 0 Å². The average Bonchev–Trinajstić information content (AvgIpc) is 2.68. The Morgan fingerprint density at radius 1 is 0.800 bits per heavy atom. The Bertz CT molecular complexity index is 634. The van der Waals surface area contributed by atoms with Crippen LogP contribution in [-0.4, -0.2) is 50.0 Å². The molecule has 1 aromatic carbocycles. The molecule has 4 nitrogen and oxygen atoms in total. The summed E-state index contributed by atoms with van der Waals surface area (Å²) >= 11 is 5.99. The molecule has 0 amide bonds. The molecule has 6 heteroatoms. The first-order valence-electron chi connectivity index (χ1n) is 11.6. The maximum absolute atomic E-state index is 10.4. The molecule has 1 atom stereocenters. The summed E-state index contributed by atoms with van der Waals surface area (Å²) in [4.78, 5) is -0.178. The molecule has 0 aliphatic rings. The van der Waals surface area contributed by atoms with E-state index in [0.717, 1.165) is 18.0 Å². The summed E-state index contributed by atoms with van der Waals surface area (Å²) in [5.74, 6) is 0.806. The summed E-state index contributed by atoms with van der Waals surface area (Å²) in [6, 6.07) is 5.78. The topological polar surface area (TPSA) is 57.2 Å². The van der Waals surface area contributed by atoms with Crippen molar-refractivity contribution in [1.82, 2.24) is 0 Å². The molecule has 0 aromatic heterocycles. The molecule has 0 saturated carbocycles. The van der Waals surface area contributed by atoms with E-state index in [-0.39, 0.29) is 4.90 Å². The molecule has 0 heterocycles. The maximum Gasteiger partial charge on any atom is 0.124 e. The van der Waals surface area contributed by atoms with Gasteiger partial charge in [-0.05, 0) is 44.7 Å². The standard InChI is InChI=1S/C17H37ClN.C7H8O3S/c1-4-6-8-10-11-13-16-19(3,17-14-18)15-12-9-7-5-2;1-6-2-4-7(5-3-6)11(8,9)10/h4-17H2,1-3H3;2-5H,1H3,(H,8,9,10)/q+1;/p-1. The van der Waals surface area contributed by atoms with Crippen molar-refractivity contribution in [3.05, 3.63) is 29.8 Å². The molecular weight excluding hydrogens is 418 g/mol. The van der Waals surface area contributed by atoms with Crippen molar-refractivity contribution < 1.29 is 17.5 Å². The van der Waals surface area contributed by atoms with Gasteiger partial charge in [0.15, 0.2) is 0 Å². The van der Waals surface area contributed by atoms with Gasteiger partial charge >= 0.3 is 0 Å². The molecule has 30 heavy (non-hydrogen) atoms. The summed E-state index contributed by atoms with van der Waals surface area (Å²) in [7, 11) is -1.87. The van der Waals surface area contributed by atoms with Gasteiger partial charge in [0, 0.05) is 0 Å². The van der Waals surface area contributed by atoms with E-state index < -0.39 is 10.1 Å². The first-order chi connectivity index (χ1) is 14.2. The van der Waals surface area contributed by atoms with E-state index >= 15 is 0 Å². The largest absolute Gasteiger partial charge is 0.744 e. The minimum Gasteiger partial charge on any atom is -0.744 e. The predicted octanol–water partition coefficient (Wildman–Crippen LogP) is 6.51. The smallest absolute Gasteiger partial charge is 0.124 e. The number of halogens is 1. The van der Waals surface area contributed by atoms with Crippen molar-refractivity contribution >= 4 is 21.7 Å². The average molecular weight is 462 g/mol. The highest BCUT2D eigenvalue weighted by molar-refractivity contribution is 7.85. The van der Waals surface area contributed by atoms with Crippen molar-refractivity contribution in [2.45, 2.75) is 89.9 Å². The van der Waals surface area contributed by atoms with Gasteiger partial charge in [-0.2, -0.15) is 0 Å². The zero-order valence-electron chi connectivity index (χ0n) is 19.7. The molecule has 0 bridgehead atoms. The Hall–Kier alpha value is -0.620. The molecule has 0 spiro atoms. The van der Waals surface area contributed by atoms with Crippen molar-refractivity contribution in [2.75, 3.05) is 32.6 Å². The Morgan fingerprint density at radius 2 is 1.23 bits per heavy atom. The molecule has 0 radical (unpaired) electrons. The number of alkyl halides is 1. The molecule has 176 valence electrons. The van der Waals surface area contributed by atoms with E-state index in [1.54, 1.807) is 12.1 Å². The van der Waals surface area contributed by atoms with Gasteiger partial charge in [0.05, 0.1) is 37.5 Å².